The number of nitrogens with two attached hydrogens (primary N) is 1. The standard InChI is InChI=1S/C12H25N3O/c1-3-6-14-12(16)7-11(8-13)15(2)9-10-4-5-10/h10-11H,3-9,13H2,1-2H3,(H,14,16). The Balaban J connectivity index is 2.25. The molecule has 0 saturated heterocycles. The largest absolute Gasteiger partial charge is 0.356 e. The maximum absolute atomic E-state index is 11.6. The lowest BCUT2D eigenvalue weighted by atomic mass is 10.1. The molecule has 0 bridgehead atoms. The lowest BCUT2D eigenvalue weighted by molar-refractivity contribution is -0.122. The summed E-state index contributed by atoms with van der Waals surface area (Å²) in [5.41, 5.74) is 5.73. The average Bonchev–Trinajstić information content (AvgIpc) is 3.06. The number of likely N-dealkylation sites (N-methyl/N-ethyl adjacent to an activating group) is 1. The highest BCUT2D eigenvalue weighted by Gasteiger charge is 2.26. The molecule has 0 heterocycles. The Kier molecular flexibility index (Phi) is 5.77. The normalized spacial score (nSPS) is 17.5. The zero-order valence-corrected chi connectivity index (χ0v) is 10.5. The Bertz CT molecular complexity index is 216. The molecule has 1 amide bonds. The number of carbonyl (C=O) groups is 1. The molecule has 1 rings (SSSR count). The molecule has 4 heteroatoms. The summed E-state index contributed by atoms with van der Waals surface area (Å²) in [7, 11) is 2.07. The first-order valence-corrected chi connectivity index (χ1v) is 6.34. The number of amides is 1. The van der Waals surface area contributed by atoms with Gasteiger partial charge in [0.15, 0.2) is 0 Å². The van der Waals surface area contributed by atoms with E-state index in [1.54, 1.807) is 0 Å². The molecule has 1 saturated carbocycles. The van der Waals surface area contributed by atoms with Crippen LogP contribution in [0.4, 0.5) is 0 Å². The van der Waals surface area contributed by atoms with E-state index in [0.717, 1.165) is 25.4 Å². The van der Waals surface area contributed by atoms with E-state index < -0.39 is 0 Å². The summed E-state index contributed by atoms with van der Waals surface area (Å²) in [6, 6.07) is 0.192. The molecule has 0 aliphatic heterocycles. The summed E-state index contributed by atoms with van der Waals surface area (Å²) in [6.07, 6.45) is 4.18. The van der Waals surface area contributed by atoms with Crippen LogP contribution in [0, 0.1) is 5.92 Å². The Labute approximate surface area is 98.6 Å². The molecular weight excluding hydrogens is 202 g/mol. The van der Waals surface area contributed by atoms with Crippen LogP contribution in [-0.4, -0.2) is 43.5 Å². The fraction of sp³-hybridized carbons (Fsp3) is 0.917. The van der Waals surface area contributed by atoms with Gasteiger partial charge >= 0.3 is 0 Å². The molecule has 1 aliphatic carbocycles. The van der Waals surface area contributed by atoms with Crippen LogP contribution in [0.1, 0.15) is 32.6 Å². The van der Waals surface area contributed by atoms with Crippen LogP contribution in [0.5, 0.6) is 0 Å². The molecule has 16 heavy (non-hydrogen) atoms. The van der Waals surface area contributed by atoms with Crippen LogP contribution in [0.15, 0.2) is 0 Å². The van der Waals surface area contributed by atoms with Gasteiger partial charge in [-0.05, 0) is 32.2 Å². The third kappa shape index (κ3) is 4.94. The topological polar surface area (TPSA) is 58.4 Å². The molecule has 0 aromatic rings. The van der Waals surface area contributed by atoms with E-state index in [2.05, 4.69) is 24.2 Å². The molecule has 1 unspecified atom stereocenters. The van der Waals surface area contributed by atoms with Gasteiger partial charge in [-0.2, -0.15) is 0 Å². The van der Waals surface area contributed by atoms with Crippen molar-refractivity contribution in [2.45, 2.75) is 38.6 Å². The van der Waals surface area contributed by atoms with Gasteiger partial charge in [0.2, 0.25) is 5.91 Å². The number of nitrogens with one attached hydrogen (secondary N) is 1. The quantitative estimate of drug-likeness (QED) is 0.637. The van der Waals surface area contributed by atoms with Crippen molar-refractivity contribution in [1.29, 1.82) is 0 Å². The summed E-state index contributed by atoms with van der Waals surface area (Å²) in [6.45, 7) is 4.47. The van der Waals surface area contributed by atoms with Gasteiger partial charge < -0.3 is 16.0 Å². The minimum Gasteiger partial charge on any atom is -0.356 e. The Morgan fingerprint density at radius 1 is 1.56 bits per heavy atom. The van der Waals surface area contributed by atoms with Crippen molar-refractivity contribution >= 4 is 5.91 Å². The van der Waals surface area contributed by atoms with Gasteiger partial charge in [0.05, 0.1) is 0 Å². The second-order valence-corrected chi connectivity index (χ2v) is 4.83. The monoisotopic (exact) mass is 227 g/mol. The first-order chi connectivity index (χ1) is 7.67. The summed E-state index contributed by atoms with van der Waals surface area (Å²) in [5.74, 6) is 0.970. The van der Waals surface area contributed by atoms with Gasteiger partial charge in [-0.1, -0.05) is 6.92 Å². The van der Waals surface area contributed by atoms with E-state index in [-0.39, 0.29) is 11.9 Å². The Morgan fingerprint density at radius 3 is 2.75 bits per heavy atom. The number of rotatable bonds is 8. The highest BCUT2D eigenvalue weighted by molar-refractivity contribution is 5.76. The van der Waals surface area contributed by atoms with Gasteiger partial charge in [-0.15, -0.1) is 0 Å². The summed E-state index contributed by atoms with van der Waals surface area (Å²) >= 11 is 0. The highest BCUT2D eigenvalue weighted by atomic mass is 16.1. The van der Waals surface area contributed by atoms with Crippen molar-refractivity contribution in [1.82, 2.24) is 10.2 Å². The van der Waals surface area contributed by atoms with E-state index in [1.165, 1.54) is 12.8 Å². The maximum Gasteiger partial charge on any atom is 0.221 e. The zero-order chi connectivity index (χ0) is 12.0. The summed E-state index contributed by atoms with van der Waals surface area (Å²) in [4.78, 5) is 13.8. The number of nitrogens with zero attached hydrogens (tertiary/aromatic N) is 1. The fourth-order valence-corrected chi connectivity index (χ4v) is 1.83. The van der Waals surface area contributed by atoms with Crippen molar-refractivity contribution < 1.29 is 4.79 Å². The number of carbonyl (C=O) groups excluding carboxylic acids is 1. The van der Waals surface area contributed by atoms with Gasteiger partial charge in [0.1, 0.15) is 0 Å². The molecule has 1 aliphatic rings. The molecule has 0 radical (unpaired) electrons. The fourth-order valence-electron chi connectivity index (χ4n) is 1.83. The molecule has 0 aromatic carbocycles. The summed E-state index contributed by atoms with van der Waals surface area (Å²) < 4.78 is 0. The molecule has 0 aromatic heterocycles. The molecule has 94 valence electrons. The maximum atomic E-state index is 11.6. The third-order valence-electron chi connectivity index (χ3n) is 3.13. The predicted molar refractivity (Wildman–Crippen MR) is 66.1 cm³/mol. The number of hydrogen-bond donors (Lipinski definition) is 2. The van der Waals surface area contributed by atoms with E-state index >= 15 is 0 Å². The first-order valence-electron chi connectivity index (χ1n) is 6.34. The van der Waals surface area contributed by atoms with Crippen molar-refractivity contribution in [3.8, 4) is 0 Å². The lowest BCUT2D eigenvalue weighted by Crippen LogP contribution is -2.42. The SMILES string of the molecule is CCCNC(=O)CC(CN)N(C)CC1CC1. The van der Waals surface area contributed by atoms with Gasteiger partial charge in [-0.3, -0.25) is 4.79 Å². The van der Waals surface area contributed by atoms with Crippen molar-refractivity contribution in [2.75, 3.05) is 26.7 Å². The third-order valence-corrected chi connectivity index (χ3v) is 3.13. The van der Waals surface area contributed by atoms with Crippen LogP contribution in [-0.2, 0) is 4.79 Å². The molecular formula is C12H25N3O. The van der Waals surface area contributed by atoms with Gasteiger partial charge in [-0.25, -0.2) is 0 Å². The van der Waals surface area contributed by atoms with E-state index in [0.29, 0.717) is 13.0 Å². The Hall–Kier alpha value is -0.610. The first kappa shape index (κ1) is 13.5. The van der Waals surface area contributed by atoms with E-state index in [1.807, 2.05) is 0 Å². The molecule has 1 atom stereocenters. The Morgan fingerprint density at radius 2 is 2.25 bits per heavy atom. The van der Waals surface area contributed by atoms with Crippen molar-refractivity contribution in [3.05, 3.63) is 0 Å². The van der Waals surface area contributed by atoms with Crippen LogP contribution in [0.25, 0.3) is 0 Å². The van der Waals surface area contributed by atoms with Crippen LogP contribution in [0.3, 0.4) is 0 Å². The molecule has 0 spiro atoms. The smallest absolute Gasteiger partial charge is 0.221 e. The highest BCUT2D eigenvalue weighted by Crippen LogP contribution is 2.29. The average molecular weight is 227 g/mol. The minimum atomic E-state index is 0.125. The summed E-state index contributed by atoms with van der Waals surface area (Å²) in [5, 5.41) is 2.90. The van der Waals surface area contributed by atoms with Crippen LogP contribution < -0.4 is 11.1 Å². The lowest BCUT2D eigenvalue weighted by Gasteiger charge is -2.26. The second kappa shape index (κ2) is 6.86. The van der Waals surface area contributed by atoms with Crippen LogP contribution >= 0.6 is 0 Å². The van der Waals surface area contributed by atoms with E-state index in [9.17, 15) is 4.79 Å². The molecule has 3 N–H and O–H groups in total. The van der Waals surface area contributed by atoms with Crippen molar-refractivity contribution in [2.24, 2.45) is 11.7 Å². The predicted octanol–water partition coefficient (Wildman–Crippen LogP) is 0.572. The van der Waals surface area contributed by atoms with E-state index in [4.69, 9.17) is 5.73 Å². The van der Waals surface area contributed by atoms with Gasteiger partial charge in [0, 0.05) is 32.1 Å². The second-order valence-electron chi connectivity index (χ2n) is 4.83. The van der Waals surface area contributed by atoms with Crippen molar-refractivity contribution in [3.63, 3.8) is 0 Å². The van der Waals surface area contributed by atoms with Gasteiger partial charge in [0.25, 0.3) is 0 Å². The van der Waals surface area contributed by atoms with Crippen LogP contribution in [0.2, 0.25) is 0 Å². The number of hydrogen-bond acceptors (Lipinski definition) is 3. The zero-order valence-electron chi connectivity index (χ0n) is 10.5. The molecule has 4 nitrogen and oxygen atoms in total. The minimum absolute atomic E-state index is 0.125. The molecule has 1 fully saturated rings.